The molecule has 1 rings (SSSR count). The van der Waals surface area contributed by atoms with E-state index in [4.69, 9.17) is 4.74 Å². The van der Waals surface area contributed by atoms with Crippen molar-refractivity contribution in [1.82, 2.24) is 5.32 Å². The molecule has 1 aromatic rings. The summed E-state index contributed by atoms with van der Waals surface area (Å²) in [6, 6.07) is 7.82. The molecule has 0 spiro atoms. The highest BCUT2D eigenvalue weighted by molar-refractivity contribution is 8.13. The molecule has 0 radical (unpaired) electrons. The number of aliphatic hydroxyl groups excluding tert-OH is 1. The van der Waals surface area contributed by atoms with Gasteiger partial charge in [0.15, 0.2) is 11.2 Å². The summed E-state index contributed by atoms with van der Waals surface area (Å²) in [5, 5.41) is 12.4. The molecule has 26 heavy (non-hydrogen) atoms. The van der Waals surface area contributed by atoms with Crippen molar-refractivity contribution in [2.45, 2.75) is 39.7 Å². The van der Waals surface area contributed by atoms with Crippen molar-refractivity contribution in [3.05, 3.63) is 35.4 Å². The van der Waals surface area contributed by atoms with Crippen LogP contribution in [0.5, 0.6) is 0 Å². The highest BCUT2D eigenvalue weighted by atomic mass is 32.2. The quantitative estimate of drug-likeness (QED) is 0.601. The number of hydrogen-bond donors (Lipinski definition) is 2. The van der Waals surface area contributed by atoms with Gasteiger partial charge in [-0.2, -0.15) is 0 Å². The van der Waals surface area contributed by atoms with Crippen molar-refractivity contribution in [2.75, 3.05) is 18.9 Å². The minimum absolute atomic E-state index is 0.0367. The maximum Gasteiger partial charge on any atom is 0.335 e. The summed E-state index contributed by atoms with van der Waals surface area (Å²) in [4.78, 5) is 35.2. The Kier molecular flexibility index (Phi) is 9.98. The second-order valence-electron chi connectivity index (χ2n) is 5.98. The average molecular weight is 381 g/mol. The van der Waals surface area contributed by atoms with E-state index in [-0.39, 0.29) is 36.5 Å². The number of nitrogens with one attached hydrogen (secondary N) is 1. The Morgan fingerprint density at radius 3 is 2.58 bits per heavy atom. The largest absolute Gasteiger partial charge is 0.464 e. The molecule has 0 fully saturated rings. The van der Waals surface area contributed by atoms with Crippen molar-refractivity contribution in [1.29, 1.82) is 0 Å². The third-order valence-corrected chi connectivity index (χ3v) is 4.84. The van der Waals surface area contributed by atoms with Crippen LogP contribution in [0.15, 0.2) is 24.3 Å². The number of aliphatic hydroxyl groups is 1. The van der Waals surface area contributed by atoms with Crippen molar-refractivity contribution >= 4 is 28.8 Å². The lowest BCUT2D eigenvalue weighted by Gasteiger charge is -2.18. The molecule has 0 heterocycles. The predicted molar refractivity (Wildman–Crippen MR) is 102 cm³/mol. The van der Waals surface area contributed by atoms with E-state index in [9.17, 15) is 19.5 Å². The zero-order valence-corrected chi connectivity index (χ0v) is 16.3. The first-order chi connectivity index (χ1) is 12.3. The van der Waals surface area contributed by atoms with Crippen LogP contribution < -0.4 is 5.32 Å². The first-order valence-electron chi connectivity index (χ1n) is 8.65. The molecule has 0 aliphatic carbocycles. The smallest absolute Gasteiger partial charge is 0.335 e. The van der Waals surface area contributed by atoms with Crippen molar-refractivity contribution in [2.24, 2.45) is 5.92 Å². The highest BCUT2D eigenvalue weighted by Gasteiger charge is 2.22. The maximum absolute atomic E-state index is 12.5. The molecule has 7 heteroatoms. The van der Waals surface area contributed by atoms with E-state index >= 15 is 0 Å². The second kappa shape index (κ2) is 11.7. The average Bonchev–Trinajstić information content (AvgIpc) is 2.59. The topological polar surface area (TPSA) is 92.7 Å². The van der Waals surface area contributed by atoms with E-state index in [2.05, 4.69) is 5.32 Å². The summed E-state index contributed by atoms with van der Waals surface area (Å²) >= 11 is 1.12. The van der Waals surface area contributed by atoms with Gasteiger partial charge in [-0.25, -0.2) is 4.79 Å². The molecular weight excluding hydrogens is 354 g/mol. The summed E-state index contributed by atoms with van der Waals surface area (Å²) in [5.41, 5.74) is 2.15. The number of hydrogen-bond acceptors (Lipinski definition) is 6. The molecule has 1 amide bonds. The first kappa shape index (κ1) is 22.2. The van der Waals surface area contributed by atoms with Gasteiger partial charge in [-0.05, 0) is 31.4 Å². The lowest BCUT2D eigenvalue weighted by molar-refractivity contribution is -0.153. The van der Waals surface area contributed by atoms with Crippen LogP contribution in [-0.2, 0) is 25.5 Å². The molecule has 0 bridgehead atoms. The van der Waals surface area contributed by atoms with Crippen LogP contribution in [0.25, 0.3) is 0 Å². The summed E-state index contributed by atoms with van der Waals surface area (Å²) in [6.07, 6.45) is -0.641. The van der Waals surface area contributed by atoms with Gasteiger partial charge in [0.25, 0.3) is 0 Å². The summed E-state index contributed by atoms with van der Waals surface area (Å²) in [5.74, 6) is -0.871. The van der Waals surface area contributed by atoms with Gasteiger partial charge in [-0.3, -0.25) is 9.59 Å². The Bertz CT molecular complexity index is 620. The van der Waals surface area contributed by atoms with E-state index in [1.54, 1.807) is 6.92 Å². The Morgan fingerprint density at radius 2 is 1.96 bits per heavy atom. The van der Waals surface area contributed by atoms with Crippen molar-refractivity contribution < 1.29 is 24.2 Å². The fourth-order valence-electron chi connectivity index (χ4n) is 2.38. The standard InChI is InChI=1S/C19H27NO5S/c1-4-25-19(24)17(22)9-10-20-18(23)16(12-26-14(3)21)11-15-8-6-5-7-13(15)2/h5-8,16-17,22H,4,9-12H2,1-3H3,(H,20,23)/t16-,17+/m1/s1. The first-order valence-corrected chi connectivity index (χ1v) is 9.64. The van der Waals surface area contributed by atoms with Gasteiger partial charge in [0.2, 0.25) is 5.91 Å². The fraction of sp³-hybridized carbons (Fsp3) is 0.526. The molecule has 2 N–H and O–H groups in total. The molecule has 0 unspecified atom stereocenters. The predicted octanol–water partition coefficient (Wildman–Crippen LogP) is 1.86. The fourth-order valence-corrected chi connectivity index (χ4v) is 3.09. The number of benzene rings is 1. The molecule has 0 aromatic heterocycles. The molecule has 0 saturated heterocycles. The SMILES string of the molecule is CCOC(=O)[C@@H](O)CCNC(=O)[C@@H](CSC(C)=O)Cc1ccccc1C. The second-order valence-corrected chi connectivity index (χ2v) is 7.17. The minimum atomic E-state index is -1.25. The van der Waals surface area contributed by atoms with E-state index < -0.39 is 12.1 Å². The lowest BCUT2D eigenvalue weighted by atomic mass is 9.96. The van der Waals surface area contributed by atoms with Gasteiger partial charge >= 0.3 is 5.97 Å². The number of carbonyl (C=O) groups excluding carboxylic acids is 3. The molecule has 6 nitrogen and oxygen atoms in total. The van der Waals surface area contributed by atoms with Crippen LogP contribution in [0.4, 0.5) is 0 Å². The Morgan fingerprint density at radius 1 is 1.27 bits per heavy atom. The third-order valence-electron chi connectivity index (χ3n) is 3.86. The normalized spacial score (nSPS) is 12.9. The molecule has 0 aliphatic rings. The summed E-state index contributed by atoms with van der Waals surface area (Å²) in [6.45, 7) is 5.48. The van der Waals surface area contributed by atoms with Gasteiger partial charge in [0, 0.05) is 25.6 Å². The summed E-state index contributed by atoms with van der Waals surface area (Å²) in [7, 11) is 0. The zero-order valence-electron chi connectivity index (χ0n) is 15.5. The minimum Gasteiger partial charge on any atom is -0.464 e. The van der Waals surface area contributed by atoms with Crippen molar-refractivity contribution in [3.8, 4) is 0 Å². The van der Waals surface area contributed by atoms with Crippen LogP contribution in [-0.4, -0.2) is 47.1 Å². The monoisotopic (exact) mass is 381 g/mol. The van der Waals surface area contributed by atoms with Crippen molar-refractivity contribution in [3.63, 3.8) is 0 Å². The van der Waals surface area contributed by atoms with Gasteiger partial charge in [0.1, 0.15) is 0 Å². The number of thioether (sulfide) groups is 1. The van der Waals surface area contributed by atoms with E-state index in [1.165, 1.54) is 6.92 Å². The molecule has 0 aliphatic heterocycles. The van der Waals surface area contributed by atoms with Crippen LogP contribution in [0.3, 0.4) is 0 Å². The molecule has 2 atom stereocenters. The maximum atomic E-state index is 12.5. The zero-order chi connectivity index (χ0) is 19.5. The van der Waals surface area contributed by atoms with E-state index in [0.717, 1.165) is 22.9 Å². The van der Waals surface area contributed by atoms with E-state index in [1.807, 2.05) is 31.2 Å². The number of ether oxygens (including phenoxy) is 1. The van der Waals surface area contributed by atoms with Gasteiger partial charge in [-0.15, -0.1) is 0 Å². The van der Waals surface area contributed by atoms with Gasteiger partial charge in [0.05, 0.1) is 12.5 Å². The number of carbonyl (C=O) groups is 3. The van der Waals surface area contributed by atoms with E-state index in [0.29, 0.717) is 12.2 Å². The Labute approximate surface area is 158 Å². The third kappa shape index (κ3) is 8.01. The Balaban J connectivity index is 2.62. The highest BCUT2D eigenvalue weighted by Crippen LogP contribution is 2.18. The molecular formula is C19H27NO5S. The van der Waals surface area contributed by atoms with Crippen LogP contribution in [0.2, 0.25) is 0 Å². The number of amides is 1. The molecule has 144 valence electrons. The number of rotatable bonds is 10. The lowest BCUT2D eigenvalue weighted by Crippen LogP contribution is -2.36. The van der Waals surface area contributed by atoms with Crippen LogP contribution >= 0.6 is 11.8 Å². The van der Waals surface area contributed by atoms with Crippen LogP contribution in [0, 0.1) is 12.8 Å². The summed E-state index contributed by atoms with van der Waals surface area (Å²) < 4.78 is 4.72. The van der Waals surface area contributed by atoms with Gasteiger partial charge in [-0.1, -0.05) is 36.0 Å². The molecule has 1 aromatic carbocycles. The van der Waals surface area contributed by atoms with Gasteiger partial charge < -0.3 is 15.2 Å². The van der Waals surface area contributed by atoms with Crippen LogP contribution in [0.1, 0.15) is 31.4 Å². The number of esters is 1. The molecule has 0 saturated carbocycles. The Hall–Kier alpha value is -1.86. The number of aryl methyl sites for hydroxylation is 1.